The first-order chi connectivity index (χ1) is 4.72. The molecule has 54 valence electrons. The van der Waals surface area contributed by atoms with Crippen LogP contribution in [0.15, 0.2) is 11.6 Å². The third-order valence-electron chi connectivity index (χ3n) is 0.988. The lowest BCUT2D eigenvalue weighted by Gasteiger charge is -1.87. The van der Waals surface area contributed by atoms with Gasteiger partial charge < -0.3 is 5.11 Å². The maximum Gasteiger partial charge on any atom is 0.346 e. The van der Waals surface area contributed by atoms with E-state index in [0.717, 1.165) is 6.42 Å². The fourth-order valence-corrected chi connectivity index (χ4v) is 0.469. The molecule has 0 aromatic heterocycles. The molecule has 0 atom stereocenters. The Morgan fingerprint density at radius 2 is 2.40 bits per heavy atom. The van der Waals surface area contributed by atoms with Gasteiger partial charge in [-0.1, -0.05) is 19.4 Å². The SMILES string of the molecule is CCC/C=C(\C#N)C(=O)O. The Hall–Kier alpha value is -1.30. The van der Waals surface area contributed by atoms with E-state index in [-0.39, 0.29) is 5.57 Å². The number of nitriles is 1. The van der Waals surface area contributed by atoms with Crippen LogP contribution in [-0.4, -0.2) is 11.1 Å². The second-order valence-electron chi connectivity index (χ2n) is 1.82. The number of aliphatic carboxylic acids is 1. The van der Waals surface area contributed by atoms with Crippen LogP contribution in [0.4, 0.5) is 0 Å². The molecule has 10 heavy (non-hydrogen) atoms. The van der Waals surface area contributed by atoms with Crippen molar-refractivity contribution >= 4 is 5.97 Å². The largest absolute Gasteiger partial charge is 0.477 e. The first kappa shape index (κ1) is 8.70. The summed E-state index contributed by atoms with van der Waals surface area (Å²) in [5.74, 6) is -1.14. The van der Waals surface area contributed by atoms with Crippen molar-refractivity contribution in [1.82, 2.24) is 0 Å². The van der Waals surface area contributed by atoms with Crippen molar-refractivity contribution in [1.29, 1.82) is 5.26 Å². The molecular weight excluding hydrogens is 130 g/mol. The highest BCUT2D eigenvalue weighted by molar-refractivity contribution is 5.90. The maximum absolute atomic E-state index is 10.1. The van der Waals surface area contributed by atoms with Gasteiger partial charge in [-0.15, -0.1) is 0 Å². The second-order valence-corrected chi connectivity index (χ2v) is 1.82. The number of carboxylic acid groups (broad SMARTS) is 1. The Morgan fingerprint density at radius 3 is 2.70 bits per heavy atom. The van der Waals surface area contributed by atoms with Crippen LogP contribution >= 0.6 is 0 Å². The van der Waals surface area contributed by atoms with Gasteiger partial charge in [0.1, 0.15) is 11.6 Å². The fraction of sp³-hybridized carbons (Fsp3) is 0.429. The van der Waals surface area contributed by atoms with E-state index in [4.69, 9.17) is 10.4 Å². The van der Waals surface area contributed by atoms with E-state index in [1.165, 1.54) is 6.08 Å². The van der Waals surface area contributed by atoms with Crippen LogP contribution in [0.3, 0.4) is 0 Å². The lowest BCUT2D eigenvalue weighted by molar-refractivity contribution is -0.132. The molecular formula is C7H9NO2. The molecule has 0 fully saturated rings. The van der Waals surface area contributed by atoms with E-state index in [1.807, 2.05) is 6.92 Å². The normalized spacial score (nSPS) is 10.6. The third-order valence-corrected chi connectivity index (χ3v) is 0.988. The summed E-state index contributed by atoms with van der Waals surface area (Å²) >= 11 is 0. The first-order valence-corrected chi connectivity index (χ1v) is 3.06. The number of rotatable bonds is 3. The summed E-state index contributed by atoms with van der Waals surface area (Å²) in [6, 6.07) is 1.60. The molecule has 0 spiro atoms. The summed E-state index contributed by atoms with van der Waals surface area (Å²) in [6.45, 7) is 1.92. The van der Waals surface area contributed by atoms with Gasteiger partial charge in [-0.3, -0.25) is 0 Å². The van der Waals surface area contributed by atoms with E-state index in [0.29, 0.717) is 6.42 Å². The molecule has 0 aliphatic carbocycles. The molecule has 0 rings (SSSR count). The van der Waals surface area contributed by atoms with Crippen LogP contribution in [0.5, 0.6) is 0 Å². The molecule has 3 heteroatoms. The Bertz CT molecular complexity index is 188. The maximum atomic E-state index is 10.1. The molecule has 0 amide bonds. The van der Waals surface area contributed by atoms with E-state index < -0.39 is 5.97 Å². The highest BCUT2D eigenvalue weighted by Crippen LogP contribution is 1.96. The molecule has 0 saturated heterocycles. The van der Waals surface area contributed by atoms with Gasteiger partial charge in [0.05, 0.1) is 0 Å². The van der Waals surface area contributed by atoms with Gasteiger partial charge in [0.2, 0.25) is 0 Å². The molecule has 0 saturated carbocycles. The van der Waals surface area contributed by atoms with Crippen molar-refractivity contribution in [3.63, 3.8) is 0 Å². The lowest BCUT2D eigenvalue weighted by Crippen LogP contribution is -1.97. The lowest BCUT2D eigenvalue weighted by atomic mass is 10.2. The predicted octanol–water partition coefficient (Wildman–Crippen LogP) is 1.32. The van der Waals surface area contributed by atoms with Gasteiger partial charge in [0.25, 0.3) is 0 Å². The van der Waals surface area contributed by atoms with E-state index in [9.17, 15) is 4.79 Å². The Labute approximate surface area is 59.6 Å². The van der Waals surface area contributed by atoms with Crippen molar-refractivity contribution in [3.05, 3.63) is 11.6 Å². The summed E-state index contributed by atoms with van der Waals surface area (Å²) in [6.07, 6.45) is 2.94. The molecule has 0 aromatic carbocycles. The number of allylic oxidation sites excluding steroid dienone is 1. The van der Waals surface area contributed by atoms with Crippen molar-refractivity contribution in [2.45, 2.75) is 19.8 Å². The van der Waals surface area contributed by atoms with Crippen LogP contribution < -0.4 is 0 Å². The minimum absolute atomic E-state index is 0.165. The molecule has 3 nitrogen and oxygen atoms in total. The minimum Gasteiger partial charge on any atom is -0.477 e. The predicted molar refractivity (Wildman–Crippen MR) is 36.2 cm³/mol. The molecule has 1 N–H and O–H groups in total. The molecule has 0 bridgehead atoms. The summed E-state index contributed by atoms with van der Waals surface area (Å²) < 4.78 is 0. The van der Waals surface area contributed by atoms with Crippen molar-refractivity contribution in [3.8, 4) is 6.07 Å². The smallest absolute Gasteiger partial charge is 0.346 e. The number of hydrogen-bond donors (Lipinski definition) is 1. The van der Waals surface area contributed by atoms with Gasteiger partial charge in [-0.05, 0) is 6.42 Å². The Balaban J connectivity index is 4.09. The number of nitrogens with zero attached hydrogens (tertiary/aromatic N) is 1. The minimum atomic E-state index is -1.14. The molecule has 0 unspecified atom stereocenters. The van der Waals surface area contributed by atoms with Crippen molar-refractivity contribution < 1.29 is 9.90 Å². The molecule has 0 aliphatic rings. The van der Waals surface area contributed by atoms with Crippen molar-refractivity contribution in [2.75, 3.05) is 0 Å². The van der Waals surface area contributed by atoms with Crippen LogP contribution in [-0.2, 0) is 4.79 Å². The van der Waals surface area contributed by atoms with Crippen molar-refractivity contribution in [2.24, 2.45) is 0 Å². The first-order valence-electron chi connectivity index (χ1n) is 3.06. The zero-order valence-corrected chi connectivity index (χ0v) is 5.79. The van der Waals surface area contributed by atoms with E-state index >= 15 is 0 Å². The van der Waals surface area contributed by atoms with Crippen LogP contribution in [0.1, 0.15) is 19.8 Å². The summed E-state index contributed by atoms with van der Waals surface area (Å²) in [4.78, 5) is 10.1. The average Bonchev–Trinajstić information content (AvgIpc) is 1.89. The fourth-order valence-electron chi connectivity index (χ4n) is 0.469. The molecule has 0 radical (unpaired) electrons. The third kappa shape index (κ3) is 2.88. The molecule has 0 aromatic rings. The standard InChI is InChI=1S/C7H9NO2/c1-2-3-4-6(5-8)7(9)10/h4H,2-3H2,1H3,(H,9,10)/b6-4+. The second kappa shape index (κ2) is 4.57. The summed E-state index contributed by atoms with van der Waals surface area (Å²) in [7, 11) is 0. The Kier molecular flexibility index (Phi) is 3.97. The quantitative estimate of drug-likeness (QED) is 0.473. The van der Waals surface area contributed by atoms with Crippen LogP contribution in [0, 0.1) is 11.3 Å². The number of unbranched alkanes of at least 4 members (excludes halogenated alkanes) is 1. The Morgan fingerprint density at radius 1 is 1.80 bits per heavy atom. The van der Waals surface area contributed by atoms with E-state index in [2.05, 4.69) is 0 Å². The summed E-state index contributed by atoms with van der Waals surface area (Å²) in [5.41, 5.74) is -0.165. The monoisotopic (exact) mass is 139 g/mol. The summed E-state index contributed by atoms with van der Waals surface area (Å²) in [5, 5.41) is 16.5. The highest BCUT2D eigenvalue weighted by atomic mass is 16.4. The average molecular weight is 139 g/mol. The van der Waals surface area contributed by atoms with Gasteiger partial charge in [-0.2, -0.15) is 5.26 Å². The molecule has 0 heterocycles. The van der Waals surface area contributed by atoms with Crippen LogP contribution in [0.2, 0.25) is 0 Å². The molecule has 0 aliphatic heterocycles. The van der Waals surface area contributed by atoms with E-state index in [1.54, 1.807) is 6.07 Å². The number of carbonyl (C=O) groups is 1. The zero-order valence-electron chi connectivity index (χ0n) is 5.79. The topological polar surface area (TPSA) is 61.1 Å². The number of carboxylic acids is 1. The van der Waals surface area contributed by atoms with Crippen LogP contribution in [0.25, 0.3) is 0 Å². The van der Waals surface area contributed by atoms with Gasteiger partial charge in [0, 0.05) is 0 Å². The van der Waals surface area contributed by atoms with Gasteiger partial charge >= 0.3 is 5.97 Å². The van der Waals surface area contributed by atoms with Gasteiger partial charge in [0.15, 0.2) is 0 Å². The number of hydrogen-bond acceptors (Lipinski definition) is 2. The van der Waals surface area contributed by atoms with Gasteiger partial charge in [-0.25, -0.2) is 4.79 Å². The highest BCUT2D eigenvalue weighted by Gasteiger charge is 2.02. The zero-order chi connectivity index (χ0) is 7.98.